The molecular weight excluding hydrogens is 406 g/mol. The second-order valence-corrected chi connectivity index (χ2v) is 6.78. The predicted octanol–water partition coefficient (Wildman–Crippen LogP) is 2.76. The maximum Gasteiger partial charge on any atom is 0.449 e. The molecule has 0 N–H and O–H groups in total. The van der Waals surface area contributed by atoms with Crippen molar-refractivity contribution in [3.63, 3.8) is 0 Å². The molecule has 1 aromatic carbocycles. The van der Waals surface area contributed by atoms with Crippen molar-refractivity contribution >= 4 is 11.6 Å². The van der Waals surface area contributed by atoms with Gasteiger partial charge in [-0.25, -0.2) is 14.2 Å². The number of benzene rings is 1. The lowest BCUT2D eigenvalue weighted by molar-refractivity contribution is -0.153. The van der Waals surface area contributed by atoms with Crippen molar-refractivity contribution in [2.75, 3.05) is 36.0 Å². The van der Waals surface area contributed by atoms with Crippen LogP contribution in [0, 0.1) is 5.82 Å². The summed E-state index contributed by atoms with van der Waals surface area (Å²) in [5.74, 6) is -1.18. The fourth-order valence-electron chi connectivity index (χ4n) is 3.21. The second-order valence-electron chi connectivity index (χ2n) is 6.78. The van der Waals surface area contributed by atoms with Crippen molar-refractivity contribution in [1.82, 2.24) is 14.5 Å². The Balaban J connectivity index is 1.40. The molecular formula is C19H17F4N5O2. The molecule has 2 aromatic heterocycles. The van der Waals surface area contributed by atoms with Gasteiger partial charge in [-0.3, -0.25) is 4.57 Å². The van der Waals surface area contributed by atoms with E-state index in [1.165, 1.54) is 18.5 Å². The van der Waals surface area contributed by atoms with Crippen LogP contribution >= 0.6 is 0 Å². The fourth-order valence-corrected chi connectivity index (χ4v) is 3.21. The number of halogens is 4. The number of anilines is 2. The third kappa shape index (κ3) is 4.29. The molecule has 30 heavy (non-hydrogen) atoms. The predicted molar refractivity (Wildman–Crippen MR) is 99.9 cm³/mol. The van der Waals surface area contributed by atoms with Gasteiger partial charge in [0, 0.05) is 31.9 Å². The van der Waals surface area contributed by atoms with Crippen LogP contribution in [0.25, 0.3) is 0 Å². The Morgan fingerprint density at radius 1 is 0.967 bits per heavy atom. The molecule has 4 rings (SSSR count). The zero-order chi connectivity index (χ0) is 21.3. The summed E-state index contributed by atoms with van der Waals surface area (Å²) in [6.07, 6.45) is -3.34. The summed E-state index contributed by atoms with van der Waals surface area (Å²) >= 11 is 0. The molecule has 1 aliphatic heterocycles. The average molecular weight is 423 g/mol. The summed E-state index contributed by atoms with van der Waals surface area (Å²) in [5, 5.41) is 0. The molecule has 0 unspecified atom stereocenters. The maximum absolute atomic E-state index is 13.1. The van der Waals surface area contributed by atoms with Crippen LogP contribution in [0.5, 0.6) is 0 Å². The van der Waals surface area contributed by atoms with E-state index in [4.69, 9.17) is 4.42 Å². The minimum Gasteiger partial charge on any atom is -0.455 e. The second kappa shape index (κ2) is 7.81. The Hall–Kier alpha value is -3.37. The Bertz CT molecular complexity index is 1070. The minimum atomic E-state index is -4.58. The molecule has 1 fully saturated rings. The molecule has 0 radical (unpaired) electrons. The van der Waals surface area contributed by atoms with Crippen molar-refractivity contribution in [2.24, 2.45) is 0 Å². The summed E-state index contributed by atoms with van der Waals surface area (Å²) in [6.45, 7) is 2.21. The summed E-state index contributed by atoms with van der Waals surface area (Å²) in [5.41, 5.74) is 0.273. The monoisotopic (exact) mass is 423 g/mol. The Morgan fingerprint density at radius 2 is 1.63 bits per heavy atom. The highest BCUT2D eigenvalue weighted by Gasteiger charge is 2.34. The van der Waals surface area contributed by atoms with Crippen molar-refractivity contribution < 1.29 is 22.0 Å². The summed E-state index contributed by atoms with van der Waals surface area (Å²) in [6, 6.07) is 8.21. The molecule has 3 heterocycles. The van der Waals surface area contributed by atoms with E-state index in [0.29, 0.717) is 26.2 Å². The van der Waals surface area contributed by atoms with Gasteiger partial charge in [0.25, 0.3) is 0 Å². The number of furan rings is 1. The number of hydrogen-bond acceptors (Lipinski definition) is 6. The van der Waals surface area contributed by atoms with Crippen LogP contribution in [0.1, 0.15) is 11.5 Å². The molecule has 3 aromatic rings. The van der Waals surface area contributed by atoms with Crippen LogP contribution in [-0.2, 0) is 12.7 Å². The molecule has 0 aliphatic carbocycles. The van der Waals surface area contributed by atoms with Gasteiger partial charge < -0.3 is 14.2 Å². The normalized spacial score (nSPS) is 14.9. The quantitative estimate of drug-likeness (QED) is 0.602. The molecule has 1 saturated heterocycles. The van der Waals surface area contributed by atoms with E-state index in [0.717, 1.165) is 22.4 Å². The van der Waals surface area contributed by atoms with Gasteiger partial charge in [0.05, 0.1) is 6.54 Å². The van der Waals surface area contributed by atoms with Crippen LogP contribution in [-0.4, -0.2) is 40.7 Å². The minimum absolute atomic E-state index is 0.0197. The zero-order valence-electron chi connectivity index (χ0n) is 15.6. The fraction of sp³-hybridized carbons (Fsp3) is 0.316. The van der Waals surface area contributed by atoms with Gasteiger partial charge in [0.15, 0.2) is 0 Å². The number of piperazine rings is 1. The van der Waals surface area contributed by atoms with E-state index in [-0.39, 0.29) is 24.1 Å². The number of rotatable bonds is 4. The van der Waals surface area contributed by atoms with Gasteiger partial charge in [0.2, 0.25) is 11.7 Å². The van der Waals surface area contributed by atoms with Crippen molar-refractivity contribution in [3.8, 4) is 0 Å². The van der Waals surface area contributed by atoms with E-state index in [9.17, 15) is 22.4 Å². The maximum atomic E-state index is 13.1. The summed E-state index contributed by atoms with van der Waals surface area (Å²) in [4.78, 5) is 24.3. The van der Waals surface area contributed by atoms with Crippen molar-refractivity contribution in [3.05, 3.63) is 70.5 Å². The SMILES string of the molecule is O=c1nc(N2CCN(c3ccc(F)cc3)CC2)ncn1Cc1ccc(C(F)(F)F)o1. The molecule has 0 amide bonds. The first kappa shape index (κ1) is 19.9. The first-order chi connectivity index (χ1) is 14.3. The van der Waals surface area contributed by atoms with E-state index < -0.39 is 17.6 Å². The largest absolute Gasteiger partial charge is 0.455 e. The highest BCUT2D eigenvalue weighted by Crippen LogP contribution is 2.30. The molecule has 0 bridgehead atoms. The van der Waals surface area contributed by atoms with Gasteiger partial charge in [-0.15, -0.1) is 0 Å². The molecule has 0 saturated carbocycles. The summed E-state index contributed by atoms with van der Waals surface area (Å²) < 4.78 is 56.7. The standard InChI is InChI=1S/C19H17F4N5O2/c20-13-1-3-14(4-2-13)26-7-9-27(10-8-26)17-24-12-28(18(29)25-17)11-15-5-6-16(30-15)19(21,22)23/h1-6,12H,7-11H2. The lowest BCUT2D eigenvalue weighted by Crippen LogP contribution is -2.47. The van der Waals surface area contributed by atoms with Crippen LogP contribution < -0.4 is 15.5 Å². The Labute approximate surface area is 168 Å². The number of aromatic nitrogens is 3. The van der Waals surface area contributed by atoms with Crippen LogP contribution in [0.4, 0.5) is 29.2 Å². The molecule has 0 atom stereocenters. The topological polar surface area (TPSA) is 67.4 Å². The third-order valence-corrected chi connectivity index (χ3v) is 4.78. The van der Waals surface area contributed by atoms with E-state index >= 15 is 0 Å². The Kier molecular flexibility index (Phi) is 5.18. The van der Waals surface area contributed by atoms with E-state index in [1.54, 1.807) is 12.1 Å². The van der Waals surface area contributed by atoms with E-state index in [1.807, 2.05) is 4.90 Å². The van der Waals surface area contributed by atoms with Gasteiger partial charge in [-0.2, -0.15) is 18.2 Å². The van der Waals surface area contributed by atoms with Gasteiger partial charge in [-0.05, 0) is 36.4 Å². The number of hydrogen-bond donors (Lipinski definition) is 0. The van der Waals surface area contributed by atoms with Crippen LogP contribution in [0.3, 0.4) is 0 Å². The number of alkyl halides is 3. The highest BCUT2D eigenvalue weighted by molar-refractivity contribution is 5.48. The molecule has 7 nitrogen and oxygen atoms in total. The van der Waals surface area contributed by atoms with E-state index in [2.05, 4.69) is 14.9 Å². The van der Waals surface area contributed by atoms with Crippen LogP contribution in [0.2, 0.25) is 0 Å². The lowest BCUT2D eigenvalue weighted by atomic mass is 10.2. The molecule has 1 aliphatic rings. The molecule has 158 valence electrons. The first-order valence-electron chi connectivity index (χ1n) is 9.14. The van der Waals surface area contributed by atoms with Gasteiger partial charge in [0.1, 0.15) is 17.9 Å². The molecule has 11 heteroatoms. The smallest absolute Gasteiger partial charge is 0.449 e. The van der Waals surface area contributed by atoms with Crippen LogP contribution in [0.15, 0.2) is 51.9 Å². The number of nitrogens with zero attached hydrogens (tertiary/aromatic N) is 5. The lowest BCUT2D eigenvalue weighted by Gasteiger charge is -2.36. The zero-order valence-corrected chi connectivity index (χ0v) is 15.6. The Morgan fingerprint density at radius 3 is 2.23 bits per heavy atom. The first-order valence-corrected chi connectivity index (χ1v) is 9.14. The average Bonchev–Trinajstić information content (AvgIpc) is 3.20. The van der Waals surface area contributed by atoms with Crippen molar-refractivity contribution in [1.29, 1.82) is 0 Å². The van der Waals surface area contributed by atoms with Gasteiger partial charge in [-0.1, -0.05) is 0 Å². The summed E-state index contributed by atoms with van der Waals surface area (Å²) in [7, 11) is 0. The van der Waals surface area contributed by atoms with Crippen molar-refractivity contribution in [2.45, 2.75) is 12.7 Å². The third-order valence-electron chi connectivity index (χ3n) is 4.78. The molecule has 0 spiro atoms. The van der Waals surface area contributed by atoms with Gasteiger partial charge >= 0.3 is 11.9 Å². The highest BCUT2D eigenvalue weighted by atomic mass is 19.4.